The smallest absolute Gasteiger partial charge is 0.0541 e. The van der Waals surface area contributed by atoms with Crippen LogP contribution in [0.4, 0.5) is 17.1 Å². The number of rotatable bonds is 6. The highest BCUT2D eigenvalue weighted by atomic mass is 32.1. The van der Waals surface area contributed by atoms with Crippen molar-refractivity contribution in [3.05, 3.63) is 218 Å². The minimum absolute atomic E-state index is 1.11. The van der Waals surface area contributed by atoms with Crippen molar-refractivity contribution in [1.29, 1.82) is 0 Å². The van der Waals surface area contributed by atoms with Crippen molar-refractivity contribution in [3.8, 4) is 27.9 Å². The first kappa shape index (κ1) is 33.7. The molecule has 0 atom stereocenters. The fraction of sp³-hybridized carbons (Fsp3) is 0. The second kappa shape index (κ2) is 13.6. The van der Waals surface area contributed by atoms with Crippen LogP contribution >= 0.6 is 11.3 Å². The molecule has 12 rings (SSSR count). The summed E-state index contributed by atoms with van der Waals surface area (Å²) in [5, 5.41) is 9.95. The molecule has 0 aliphatic rings. The van der Waals surface area contributed by atoms with E-state index in [0.717, 1.165) is 22.7 Å². The van der Waals surface area contributed by atoms with Gasteiger partial charge in [-0.15, -0.1) is 11.3 Å². The lowest BCUT2D eigenvalue weighted by atomic mass is 10.00. The van der Waals surface area contributed by atoms with Gasteiger partial charge in [0.1, 0.15) is 0 Å². The maximum atomic E-state index is 2.46. The molecule has 12 aromatic rings. The Kier molecular flexibility index (Phi) is 7.75. The molecule has 10 aromatic carbocycles. The average molecular weight is 769 g/mol. The van der Waals surface area contributed by atoms with Crippen LogP contribution in [0.25, 0.3) is 91.5 Å². The van der Waals surface area contributed by atoms with Crippen LogP contribution in [0.15, 0.2) is 218 Å². The van der Waals surface area contributed by atoms with E-state index in [-0.39, 0.29) is 0 Å². The highest BCUT2D eigenvalue weighted by Gasteiger charge is 2.20. The first-order chi connectivity index (χ1) is 29.3. The number of aromatic nitrogens is 1. The predicted molar refractivity (Wildman–Crippen MR) is 254 cm³/mol. The first-order valence-corrected chi connectivity index (χ1v) is 21.0. The number of benzene rings is 10. The van der Waals surface area contributed by atoms with Crippen LogP contribution in [0.1, 0.15) is 0 Å². The average Bonchev–Trinajstić information content (AvgIpc) is 3.85. The van der Waals surface area contributed by atoms with E-state index < -0.39 is 0 Å². The number of hydrogen-bond acceptors (Lipinski definition) is 2. The van der Waals surface area contributed by atoms with Gasteiger partial charge in [0.05, 0.1) is 22.4 Å². The number of para-hydroxylation sites is 1. The molecule has 276 valence electrons. The quantitative estimate of drug-likeness (QED) is 0.164. The minimum atomic E-state index is 1.11. The molecule has 0 N–H and O–H groups in total. The van der Waals surface area contributed by atoms with E-state index in [9.17, 15) is 0 Å². The Morgan fingerprint density at radius 2 is 0.932 bits per heavy atom. The molecule has 59 heavy (non-hydrogen) atoms. The molecule has 0 fully saturated rings. The van der Waals surface area contributed by atoms with Crippen LogP contribution < -0.4 is 4.90 Å². The highest BCUT2D eigenvalue weighted by molar-refractivity contribution is 7.26. The molecule has 0 bridgehead atoms. The molecule has 2 aromatic heterocycles. The van der Waals surface area contributed by atoms with E-state index in [0.29, 0.717) is 0 Å². The van der Waals surface area contributed by atoms with Crippen molar-refractivity contribution in [2.45, 2.75) is 0 Å². The molecule has 0 radical (unpaired) electrons. The lowest BCUT2D eigenvalue weighted by Gasteiger charge is -2.28. The van der Waals surface area contributed by atoms with Crippen molar-refractivity contribution in [2.24, 2.45) is 0 Å². The molecule has 0 amide bonds. The van der Waals surface area contributed by atoms with Gasteiger partial charge in [-0.1, -0.05) is 158 Å². The third-order valence-electron chi connectivity index (χ3n) is 12.0. The summed E-state index contributed by atoms with van der Waals surface area (Å²) in [6, 6.07) is 80.0. The number of anilines is 3. The number of hydrogen-bond donors (Lipinski definition) is 0. The van der Waals surface area contributed by atoms with Crippen molar-refractivity contribution in [3.63, 3.8) is 0 Å². The van der Waals surface area contributed by atoms with Crippen molar-refractivity contribution < 1.29 is 0 Å². The van der Waals surface area contributed by atoms with E-state index in [1.807, 2.05) is 11.3 Å². The number of thiophene rings is 1. The van der Waals surface area contributed by atoms with Gasteiger partial charge in [-0.3, -0.25) is 0 Å². The zero-order valence-corrected chi connectivity index (χ0v) is 32.9. The summed E-state index contributed by atoms with van der Waals surface area (Å²) < 4.78 is 5.06. The Hall–Kier alpha value is -7.46. The third kappa shape index (κ3) is 5.47. The predicted octanol–water partition coefficient (Wildman–Crippen LogP) is 16.3. The maximum Gasteiger partial charge on any atom is 0.0541 e. The topological polar surface area (TPSA) is 8.17 Å². The van der Waals surface area contributed by atoms with Gasteiger partial charge in [-0.25, -0.2) is 0 Å². The number of fused-ring (bicyclic) bond motifs is 8. The van der Waals surface area contributed by atoms with Crippen LogP contribution in [0.5, 0.6) is 0 Å². The zero-order valence-electron chi connectivity index (χ0n) is 32.1. The van der Waals surface area contributed by atoms with Gasteiger partial charge >= 0.3 is 0 Å². The molecule has 2 heterocycles. The standard InChI is InChI=1S/C56H36N2S/c1-2-14-37(15-3-1)41-30-33-54-49(34-41)46-22-8-10-24-53(46)58(54)43-35-48(56-50(36-43)47-23-9-11-27-55(47)59-56)40-28-31-42(32-29-40)57(51-25-12-18-38-16-4-6-20-44(38)51)52-26-13-19-39-17-5-7-21-45(39)52/h1-36H. The van der Waals surface area contributed by atoms with Crippen molar-refractivity contribution in [2.75, 3.05) is 4.90 Å². The Labute approximate surface area is 346 Å². The lowest BCUT2D eigenvalue weighted by molar-refractivity contribution is 1.19. The molecular formula is C56H36N2S. The van der Waals surface area contributed by atoms with Crippen LogP contribution in [0, 0.1) is 0 Å². The maximum absolute atomic E-state index is 2.46. The molecule has 0 saturated carbocycles. The summed E-state index contributed by atoms with van der Waals surface area (Å²) in [5.41, 5.74) is 11.9. The second-order valence-corrected chi connectivity index (χ2v) is 16.3. The summed E-state index contributed by atoms with van der Waals surface area (Å²) in [6.07, 6.45) is 0. The third-order valence-corrected chi connectivity index (χ3v) is 13.2. The zero-order chi connectivity index (χ0) is 38.9. The van der Waals surface area contributed by atoms with E-state index in [2.05, 4.69) is 228 Å². The molecule has 0 spiro atoms. The normalized spacial score (nSPS) is 11.7. The first-order valence-electron chi connectivity index (χ1n) is 20.2. The van der Waals surface area contributed by atoms with E-state index >= 15 is 0 Å². The highest BCUT2D eigenvalue weighted by Crippen LogP contribution is 2.46. The molecule has 0 unspecified atom stereocenters. The van der Waals surface area contributed by atoms with E-state index in [1.165, 1.54) is 85.8 Å². The van der Waals surface area contributed by atoms with Gasteiger partial charge in [0.25, 0.3) is 0 Å². The molecule has 2 nitrogen and oxygen atoms in total. The van der Waals surface area contributed by atoms with E-state index in [4.69, 9.17) is 0 Å². The Bertz CT molecular complexity index is 3470. The van der Waals surface area contributed by atoms with Gasteiger partial charge in [-0.2, -0.15) is 0 Å². The summed E-state index contributed by atoms with van der Waals surface area (Å²) in [5.74, 6) is 0. The summed E-state index contributed by atoms with van der Waals surface area (Å²) in [4.78, 5) is 2.43. The van der Waals surface area contributed by atoms with Crippen LogP contribution in [-0.2, 0) is 0 Å². The van der Waals surface area contributed by atoms with Gasteiger partial charge < -0.3 is 9.47 Å². The van der Waals surface area contributed by atoms with Crippen LogP contribution in [0.2, 0.25) is 0 Å². The summed E-state index contributed by atoms with van der Waals surface area (Å²) in [6.45, 7) is 0. The Morgan fingerprint density at radius 1 is 0.356 bits per heavy atom. The van der Waals surface area contributed by atoms with Crippen molar-refractivity contribution >= 4 is 91.9 Å². The molecule has 0 aliphatic heterocycles. The molecule has 0 saturated heterocycles. The molecular weight excluding hydrogens is 733 g/mol. The molecule has 0 aliphatic carbocycles. The SMILES string of the molecule is c1ccc(-c2ccc3c(c2)c2ccccc2n3-c2cc(-c3ccc(N(c4cccc5ccccc45)c4cccc5ccccc45)cc3)c3sc4ccccc4c3c2)cc1. The van der Waals surface area contributed by atoms with Gasteiger partial charge in [0.2, 0.25) is 0 Å². The Balaban J connectivity index is 1.07. The second-order valence-electron chi connectivity index (χ2n) is 15.3. The fourth-order valence-corrected chi connectivity index (χ4v) is 10.4. The van der Waals surface area contributed by atoms with E-state index in [1.54, 1.807) is 0 Å². The van der Waals surface area contributed by atoms with Crippen LogP contribution in [-0.4, -0.2) is 4.57 Å². The largest absolute Gasteiger partial charge is 0.309 e. The van der Waals surface area contributed by atoms with Crippen molar-refractivity contribution in [1.82, 2.24) is 4.57 Å². The Morgan fingerprint density at radius 3 is 1.66 bits per heavy atom. The van der Waals surface area contributed by atoms with Gasteiger partial charge in [0, 0.05) is 58.7 Å². The summed E-state index contributed by atoms with van der Waals surface area (Å²) in [7, 11) is 0. The van der Waals surface area contributed by atoms with Gasteiger partial charge in [-0.05, 0) is 88.1 Å². The van der Waals surface area contributed by atoms with Gasteiger partial charge in [0.15, 0.2) is 0 Å². The minimum Gasteiger partial charge on any atom is -0.309 e. The monoisotopic (exact) mass is 768 g/mol. The van der Waals surface area contributed by atoms with Crippen LogP contribution in [0.3, 0.4) is 0 Å². The summed E-state index contributed by atoms with van der Waals surface area (Å²) >= 11 is 1.88. The fourth-order valence-electron chi connectivity index (χ4n) is 9.22. The lowest BCUT2D eigenvalue weighted by Crippen LogP contribution is -2.11. The molecule has 3 heteroatoms. The number of nitrogens with zero attached hydrogens (tertiary/aromatic N) is 2.